The lowest BCUT2D eigenvalue weighted by Gasteiger charge is -2.12. The Kier molecular flexibility index (Phi) is 4.63. The van der Waals surface area contributed by atoms with Crippen molar-refractivity contribution in [1.82, 2.24) is 34.3 Å². The summed E-state index contributed by atoms with van der Waals surface area (Å²) in [6.45, 7) is 0. The Morgan fingerprint density at radius 2 is 1.22 bits per heavy atom. The lowest BCUT2D eigenvalue weighted by molar-refractivity contribution is 0.988. The Bertz CT molecular complexity index is 1710. The van der Waals surface area contributed by atoms with Gasteiger partial charge in [0.25, 0.3) is 0 Å². The number of aromatic nitrogens is 7. The van der Waals surface area contributed by atoms with Crippen LogP contribution in [0.3, 0.4) is 0 Å². The molecular weight excluding hydrogens is 446 g/mol. The molecule has 0 spiro atoms. The molecule has 7 nitrogen and oxygen atoms in total. The molecule has 5 heterocycles. The number of pyridine rings is 3. The quantitative estimate of drug-likeness (QED) is 0.324. The molecule has 7 rings (SSSR count). The van der Waals surface area contributed by atoms with Crippen molar-refractivity contribution in [3.8, 4) is 34.4 Å². The number of hydrogen-bond acceptors (Lipinski definition) is 5. The summed E-state index contributed by atoms with van der Waals surface area (Å²) in [7, 11) is 0. The number of benzene rings is 2. The molecule has 0 saturated carbocycles. The Morgan fingerprint density at radius 3 is 1.89 bits per heavy atom. The highest BCUT2D eigenvalue weighted by Gasteiger charge is 2.19. The van der Waals surface area contributed by atoms with Crippen molar-refractivity contribution in [1.29, 1.82) is 0 Å². The van der Waals surface area contributed by atoms with E-state index in [1.165, 1.54) is 10.8 Å². The molecule has 5 aromatic heterocycles. The number of rotatable bonds is 4. The third-order valence-corrected chi connectivity index (χ3v) is 6.30. The summed E-state index contributed by atoms with van der Waals surface area (Å²) in [5.74, 6) is 2.01. The van der Waals surface area contributed by atoms with Crippen molar-refractivity contribution in [2.24, 2.45) is 0 Å². The molecule has 0 N–H and O–H groups in total. The van der Waals surface area contributed by atoms with Crippen molar-refractivity contribution >= 4 is 21.8 Å². The minimum atomic E-state index is 0.625. The second-order valence-corrected chi connectivity index (χ2v) is 8.38. The second-order valence-electron chi connectivity index (χ2n) is 8.38. The fourth-order valence-corrected chi connectivity index (χ4v) is 4.69. The van der Waals surface area contributed by atoms with Crippen LogP contribution in [0.2, 0.25) is 0 Å². The summed E-state index contributed by atoms with van der Waals surface area (Å²) in [6.07, 6.45) is 7.13. The van der Waals surface area contributed by atoms with Gasteiger partial charge in [0, 0.05) is 34.9 Å². The summed E-state index contributed by atoms with van der Waals surface area (Å²) in [6, 6.07) is 30.5. The van der Waals surface area contributed by atoms with E-state index < -0.39 is 0 Å². The Hall–Kier alpha value is -5.17. The van der Waals surface area contributed by atoms with E-state index in [0.717, 1.165) is 28.0 Å². The molecule has 0 amide bonds. The summed E-state index contributed by atoms with van der Waals surface area (Å²) in [5.41, 5.74) is 4.88. The average molecular weight is 466 g/mol. The van der Waals surface area contributed by atoms with E-state index in [9.17, 15) is 0 Å². The number of fused-ring (bicyclic) bond motifs is 3. The second kappa shape index (κ2) is 8.25. The molecule has 0 aliphatic rings. The van der Waals surface area contributed by atoms with E-state index in [-0.39, 0.29) is 0 Å². The highest BCUT2D eigenvalue weighted by molar-refractivity contribution is 6.09. The lowest BCUT2D eigenvalue weighted by atomic mass is 10.2. The van der Waals surface area contributed by atoms with Gasteiger partial charge in [-0.1, -0.05) is 42.5 Å². The van der Waals surface area contributed by atoms with Crippen LogP contribution in [0.1, 0.15) is 0 Å². The zero-order valence-electron chi connectivity index (χ0n) is 19.1. The van der Waals surface area contributed by atoms with Gasteiger partial charge in [-0.3, -0.25) is 14.5 Å². The topological polar surface area (TPSA) is 74.3 Å². The van der Waals surface area contributed by atoms with E-state index in [2.05, 4.69) is 79.3 Å². The van der Waals surface area contributed by atoms with Gasteiger partial charge in [0.1, 0.15) is 11.5 Å². The molecule has 2 aromatic carbocycles. The van der Waals surface area contributed by atoms with Crippen LogP contribution in [0.25, 0.3) is 56.2 Å². The molecule has 0 bridgehead atoms. The molecule has 0 radical (unpaired) electrons. The van der Waals surface area contributed by atoms with Gasteiger partial charge in [-0.05, 0) is 48.5 Å². The molecule has 0 aliphatic carbocycles. The van der Waals surface area contributed by atoms with Gasteiger partial charge in [0.2, 0.25) is 0 Å². The third kappa shape index (κ3) is 3.18. The zero-order valence-corrected chi connectivity index (χ0v) is 19.1. The van der Waals surface area contributed by atoms with Gasteiger partial charge in [0.05, 0.1) is 22.9 Å². The normalized spacial score (nSPS) is 11.3. The first-order valence-electron chi connectivity index (χ1n) is 11.6. The smallest absolute Gasteiger partial charge is 0.188 e. The highest BCUT2D eigenvalue weighted by Crippen LogP contribution is 2.32. The first kappa shape index (κ1) is 20.2. The number of hydrogen-bond donors (Lipinski definition) is 0. The molecule has 7 heteroatoms. The fourth-order valence-electron chi connectivity index (χ4n) is 4.69. The average Bonchev–Trinajstić information content (AvgIpc) is 3.54. The largest absolute Gasteiger partial charge is 0.308 e. The van der Waals surface area contributed by atoms with Gasteiger partial charge in [-0.2, -0.15) is 0 Å². The van der Waals surface area contributed by atoms with Gasteiger partial charge in [-0.15, -0.1) is 10.2 Å². The van der Waals surface area contributed by atoms with Crippen molar-refractivity contribution in [2.75, 3.05) is 0 Å². The summed E-state index contributed by atoms with van der Waals surface area (Å²) in [5, 5.41) is 11.4. The van der Waals surface area contributed by atoms with E-state index in [1.807, 2.05) is 47.2 Å². The molecule has 0 unspecified atom stereocenters. The van der Waals surface area contributed by atoms with Crippen molar-refractivity contribution < 1.29 is 0 Å². The highest BCUT2D eigenvalue weighted by atomic mass is 15.3. The minimum Gasteiger partial charge on any atom is -0.308 e. The maximum absolute atomic E-state index is 4.88. The lowest BCUT2D eigenvalue weighted by Crippen LogP contribution is -2.04. The molecule has 0 atom stereocenters. The van der Waals surface area contributed by atoms with Crippen molar-refractivity contribution in [3.05, 3.63) is 116 Å². The van der Waals surface area contributed by atoms with Gasteiger partial charge < -0.3 is 4.57 Å². The molecular formula is C29H19N7. The molecule has 36 heavy (non-hydrogen) atoms. The predicted octanol–water partition coefficient (Wildman–Crippen LogP) is 5.88. The van der Waals surface area contributed by atoms with E-state index in [1.54, 1.807) is 18.6 Å². The van der Waals surface area contributed by atoms with E-state index in [0.29, 0.717) is 17.5 Å². The zero-order chi connectivity index (χ0) is 23.9. The van der Waals surface area contributed by atoms with E-state index in [4.69, 9.17) is 4.98 Å². The molecule has 0 aliphatic heterocycles. The SMILES string of the molecule is c1ccc(-c2nnc(-c3ccncc3)n2-c2ccc(-n3c4ccccc4c4ccccc43)cn2)nc1. The van der Waals surface area contributed by atoms with Crippen molar-refractivity contribution in [3.63, 3.8) is 0 Å². The Balaban J connectivity index is 1.41. The van der Waals surface area contributed by atoms with Crippen LogP contribution in [0.4, 0.5) is 0 Å². The van der Waals surface area contributed by atoms with E-state index >= 15 is 0 Å². The van der Waals surface area contributed by atoms with Crippen LogP contribution in [-0.4, -0.2) is 34.3 Å². The fraction of sp³-hybridized carbons (Fsp3) is 0. The van der Waals surface area contributed by atoms with Gasteiger partial charge in [0.15, 0.2) is 11.6 Å². The van der Waals surface area contributed by atoms with Crippen LogP contribution in [0, 0.1) is 0 Å². The third-order valence-electron chi connectivity index (χ3n) is 6.30. The van der Waals surface area contributed by atoms with Gasteiger partial charge in [-0.25, -0.2) is 4.98 Å². The van der Waals surface area contributed by atoms with Crippen LogP contribution in [0.15, 0.2) is 116 Å². The van der Waals surface area contributed by atoms with Crippen LogP contribution >= 0.6 is 0 Å². The Labute approximate surface area is 206 Å². The first-order chi connectivity index (χ1) is 17.9. The standard InChI is InChI=1S/C29H19N7/c1-3-10-25-22(7-1)23-8-2-4-11-26(23)35(25)21-12-13-27(32-19-21)36-28(20-14-17-30-18-15-20)33-34-29(36)24-9-5-6-16-31-24/h1-19H. The number of nitrogens with zero attached hydrogens (tertiary/aromatic N) is 7. The van der Waals surface area contributed by atoms with Crippen LogP contribution in [0.5, 0.6) is 0 Å². The molecule has 7 aromatic rings. The Morgan fingerprint density at radius 1 is 0.528 bits per heavy atom. The number of para-hydroxylation sites is 2. The maximum Gasteiger partial charge on any atom is 0.188 e. The molecule has 0 saturated heterocycles. The van der Waals surface area contributed by atoms with Crippen molar-refractivity contribution in [2.45, 2.75) is 0 Å². The van der Waals surface area contributed by atoms with Crippen LogP contribution in [-0.2, 0) is 0 Å². The maximum atomic E-state index is 4.88. The minimum absolute atomic E-state index is 0.625. The monoisotopic (exact) mass is 465 g/mol. The van der Waals surface area contributed by atoms with Crippen LogP contribution < -0.4 is 0 Å². The molecule has 170 valence electrons. The summed E-state index contributed by atoms with van der Waals surface area (Å²) >= 11 is 0. The summed E-state index contributed by atoms with van der Waals surface area (Å²) in [4.78, 5) is 13.5. The first-order valence-corrected chi connectivity index (χ1v) is 11.6. The summed E-state index contributed by atoms with van der Waals surface area (Å²) < 4.78 is 4.18. The van der Waals surface area contributed by atoms with Gasteiger partial charge >= 0.3 is 0 Å². The molecule has 0 fully saturated rings. The predicted molar refractivity (Wildman–Crippen MR) is 140 cm³/mol.